The molecule has 4 aromatic rings. The minimum absolute atomic E-state index is 0.0113. The molecule has 9 N–H and O–H groups in total. The first-order chi connectivity index (χ1) is 45.2. The van der Waals surface area contributed by atoms with Crippen LogP contribution in [0, 0.1) is 23.7 Å². The summed E-state index contributed by atoms with van der Waals surface area (Å²) in [6, 6.07) is 28.1. The van der Waals surface area contributed by atoms with E-state index in [9.17, 15) is 48.3 Å². The van der Waals surface area contributed by atoms with Gasteiger partial charge in [-0.3, -0.25) is 48.1 Å². The van der Waals surface area contributed by atoms with E-state index in [1.807, 2.05) is 157 Å². The Hall–Kier alpha value is -7.69. The SMILES string of the molecule is CC(C)CC(NC(=O)[C@H](CCc1ccccc1)NC[C@@](C)(O)C(=O)[C@H](CC(C)C)NC(=O)[C@H](Cc1ccccc1)NC(=O)[C@H](CC(C)C)NC(=O)[C@H](CCc1ccccc1)NC(=O)CN1CCOCC1)C(=O)N[C@@H](Cc1ccccc1)C(=O)N[C@@H](CC(C)C)C(=O)C1(C)CO1. The summed E-state index contributed by atoms with van der Waals surface area (Å²) < 4.78 is 10.9. The van der Waals surface area contributed by atoms with Crippen molar-refractivity contribution in [3.05, 3.63) is 144 Å². The first kappa shape index (κ1) is 76.3. The van der Waals surface area contributed by atoms with Crippen LogP contribution in [-0.2, 0) is 78.3 Å². The van der Waals surface area contributed by atoms with Crippen molar-refractivity contribution in [2.75, 3.05) is 46.0 Å². The normalized spacial score (nSPS) is 18.0. The van der Waals surface area contributed by atoms with Crippen LogP contribution in [0.15, 0.2) is 121 Å². The van der Waals surface area contributed by atoms with Crippen molar-refractivity contribution in [3.8, 4) is 0 Å². The molecule has 2 aliphatic heterocycles. The molecule has 0 saturated carbocycles. The molecule has 2 unspecified atom stereocenters. The molecule has 0 spiro atoms. The molecule has 0 bridgehead atoms. The van der Waals surface area contributed by atoms with Crippen molar-refractivity contribution in [3.63, 3.8) is 0 Å². The van der Waals surface area contributed by atoms with Gasteiger partial charge >= 0.3 is 0 Å². The van der Waals surface area contributed by atoms with Gasteiger partial charge in [0.15, 0.2) is 11.6 Å². The summed E-state index contributed by atoms with van der Waals surface area (Å²) in [7, 11) is 0. The van der Waals surface area contributed by atoms with Crippen molar-refractivity contribution in [2.45, 2.75) is 193 Å². The average molecular weight is 1310 g/mol. The van der Waals surface area contributed by atoms with Gasteiger partial charge in [-0.05, 0) is 111 Å². The lowest BCUT2D eigenvalue weighted by Crippen LogP contribution is -2.61. The zero-order valence-electron chi connectivity index (χ0n) is 57.4. The van der Waals surface area contributed by atoms with Crippen LogP contribution in [0.4, 0.5) is 0 Å². The van der Waals surface area contributed by atoms with E-state index in [2.05, 4.69) is 42.5 Å². The Kier molecular flexibility index (Phi) is 30.2. The Bertz CT molecular complexity index is 3100. The lowest BCUT2D eigenvalue weighted by atomic mass is 9.89. The van der Waals surface area contributed by atoms with E-state index >= 15 is 0 Å². The second-order valence-electron chi connectivity index (χ2n) is 27.8. The lowest BCUT2D eigenvalue weighted by molar-refractivity contribution is -0.141. The number of epoxide rings is 1. The maximum Gasteiger partial charge on any atom is 0.243 e. The standard InChI is InChI=1S/C74H105N9O12/c1-48(2)39-58(77-71(91)62(43-54-27-19-13-20-28-54)81-70(90)61(42-51(7)8)80-68(88)57(34-32-53-25-17-12-18-26-53)76-64(84)45-83-35-37-94-38-36-83)65(85)73(9,93)46-75-56(33-31-52-23-15-11-16-24-52)67(87)79-60(41-50(5)6)69(89)82-63(44-55-29-21-14-22-30-55)72(92)78-59(40-49(3)4)66(86)74(10)47-95-74/h11-30,48-51,56-63,75,93H,31-47H2,1-10H3,(H,76,84)(H,77,91)(H,78,92)(H,79,87)(H,80,88)(H,81,90)(H,82,89)/t56-,57-,58-,59-,60?,61-,62-,63-,73+,74?/m0/s1. The van der Waals surface area contributed by atoms with Gasteiger partial charge in [0.2, 0.25) is 41.4 Å². The number of nitrogens with one attached hydrogen (secondary N) is 8. The van der Waals surface area contributed by atoms with Gasteiger partial charge < -0.3 is 57.1 Å². The Morgan fingerprint density at radius 3 is 1.22 bits per heavy atom. The highest BCUT2D eigenvalue weighted by atomic mass is 16.6. The van der Waals surface area contributed by atoms with Crippen LogP contribution >= 0.6 is 0 Å². The molecule has 21 heteroatoms. The molecule has 2 saturated heterocycles. The van der Waals surface area contributed by atoms with Crippen molar-refractivity contribution in [1.82, 2.24) is 47.4 Å². The first-order valence-corrected chi connectivity index (χ1v) is 33.9. The fraction of sp³-hybridized carbons (Fsp3) is 0.554. The molecule has 0 aliphatic carbocycles. The van der Waals surface area contributed by atoms with Crippen molar-refractivity contribution >= 4 is 52.9 Å². The minimum atomic E-state index is -2.22. The number of hydrogen-bond acceptors (Lipinski definition) is 14. The highest BCUT2D eigenvalue weighted by molar-refractivity contribution is 6.00. The Balaban J connectivity index is 1.20. The maximum absolute atomic E-state index is 14.9. The number of benzene rings is 4. The van der Waals surface area contributed by atoms with Crippen LogP contribution in [0.1, 0.15) is 130 Å². The third kappa shape index (κ3) is 26.1. The smallest absolute Gasteiger partial charge is 0.243 e. The van der Waals surface area contributed by atoms with Crippen molar-refractivity contribution in [1.29, 1.82) is 0 Å². The van der Waals surface area contributed by atoms with E-state index in [0.717, 1.165) is 16.7 Å². The van der Waals surface area contributed by atoms with Crippen molar-refractivity contribution < 1.29 is 57.7 Å². The number of aryl methyl sites for hydroxylation is 2. The van der Waals surface area contributed by atoms with Crippen LogP contribution in [0.3, 0.4) is 0 Å². The van der Waals surface area contributed by atoms with Gasteiger partial charge in [0.05, 0.1) is 44.5 Å². The van der Waals surface area contributed by atoms with Gasteiger partial charge in [-0.1, -0.05) is 177 Å². The Labute approximate surface area is 561 Å². The van der Waals surface area contributed by atoms with Gasteiger partial charge in [-0.2, -0.15) is 0 Å². The summed E-state index contributed by atoms with van der Waals surface area (Å²) in [6.07, 6.45) is 2.09. The number of ether oxygens (including phenoxy) is 2. The number of morpholine rings is 1. The van der Waals surface area contributed by atoms with Crippen LogP contribution in [-0.4, -0.2) is 168 Å². The molecule has 518 valence electrons. The highest BCUT2D eigenvalue weighted by Gasteiger charge is 2.50. The van der Waals surface area contributed by atoms with E-state index in [4.69, 9.17) is 9.47 Å². The van der Waals surface area contributed by atoms with E-state index in [-0.39, 0.29) is 93.5 Å². The summed E-state index contributed by atoms with van der Waals surface area (Å²) in [5.41, 5.74) is 0.0713. The second-order valence-corrected chi connectivity index (χ2v) is 27.8. The van der Waals surface area contributed by atoms with E-state index in [0.29, 0.717) is 51.1 Å². The molecule has 0 aromatic heterocycles. The molecule has 2 aliphatic rings. The number of Topliss-reactive ketones (excluding diaryl/α,β-unsaturated/α-hetero) is 2. The van der Waals surface area contributed by atoms with Crippen LogP contribution in [0.5, 0.6) is 0 Å². The number of nitrogens with zero attached hydrogens (tertiary/aromatic N) is 1. The van der Waals surface area contributed by atoms with Gasteiger partial charge in [0, 0.05) is 32.5 Å². The quantitative estimate of drug-likeness (QED) is 0.0256. The molecule has 21 nitrogen and oxygen atoms in total. The number of aliphatic hydroxyl groups is 1. The predicted molar refractivity (Wildman–Crippen MR) is 365 cm³/mol. The molecule has 6 rings (SSSR count). The largest absolute Gasteiger partial charge is 0.381 e. The molecule has 7 amide bonds. The molecule has 2 heterocycles. The van der Waals surface area contributed by atoms with Gasteiger partial charge in [-0.25, -0.2) is 0 Å². The summed E-state index contributed by atoms with van der Waals surface area (Å²) in [5, 5.41) is 35.9. The van der Waals surface area contributed by atoms with Crippen LogP contribution < -0.4 is 42.5 Å². The van der Waals surface area contributed by atoms with Crippen molar-refractivity contribution in [2.24, 2.45) is 23.7 Å². The number of rotatable bonds is 40. The Morgan fingerprint density at radius 2 is 0.800 bits per heavy atom. The molecule has 10 atom stereocenters. The number of amides is 7. The number of carbonyl (C=O) groups is 9. The molecular weight excluding hydrogens is 1210 g/mol. The number of carbonyl (C=O) groups excluding carboxylic acids is 9. The van der Waals surface area contributed by atoms with Gasteiger partial charge in [0.25, 0.3) is 0 Å². The summed E-state index contributed by atoms with van der Waals surface area (Å²) in [4.78, 5) is 132. The second kappa shape index (κ2) is 37.6. The molecule has 0 radical (unpaired) electrons. The molecule has 4 aromatic carbocycles. The van der Waals surface area contributed by atoms with E-state index < -0.39 is 107 Å². The third-order valence-electron chi connectivity index (χ3n) is 17.1. The summed E-state index contributed by atoms with van der Waals surface area (Å²) >= 11 is 0. The number of hydrogen-bond donors (Lipinski definition) is 9. The Morgan fingerprint density at radius 1 is 0.463 bits per heavy atom. The summed E-state index contributed by atoms with van der Waals surface area (Å²) in [5.74, 6) is -5.50. The van der Waals surface area contributed by atoms with Gasteiger partial charge in [-0.15, -0.1) is 0 Å². The molecule has 2 fully saturated rings. The average Bonchev–Trinajstić information content (AvgIpc) is 1.72. The first-order valence-electron chi connectivity index (χ1n) is 33.9. The zero-order valence-corrected chi connectivity index (χ0v) is 57.4. The topological polar surface area (TPSA) is 295 Å². The molecule has 95 heavy (non-hydrogen) atoms. The summed E-state index contributed by atoms with van der Waals surface area (Å²) in [6.45, 7) is 20.2. The minimum Gasteiger partial charge on any atom is -0.381 e. The maximum atomic E-state index is 14.9. The van der Waals surface area contributed by atoms with E-state index in [1.165, 1.54) is 6.92 Å². The molecular formula is C74H105N9O12. The fourth-order valence-electron chi connectivity index (χ4n) is 11.7. The fourth-order valence-corrected chi connectivity index (χ4v) is 11.7. The van der Waals surface area contributed by atoms with Gasteiger partial charge in [0.1, 0.15) is 41.4 Å². The number of ketones is 2. The van der Waals surface area contributed by atoms with E-state index in [1.54, 1.807) is 31.2 Å². The highest BCUT2D eigenvalue weighted by Crippen LogP contribution is 2.30. The van der Waals surface area contributed by atoms with Crippen LogP contribution in [0.25, 0.3) is 0 Å². The monoisotopic (exact) mass is 1310 g/mol. The predicted octanol–water partition coefficient (Wildman–Crippen LogP) is 5.28. The third-order valence-corrected chi connectivity index (χ3v) is 17.1. The van der Waals surface area contributed by atoms with Crippen LogP contribution in [0.2, 0.25) is 0 Å². The lowest BCUT2D eigenvalue weighted by Gasteiger charge is -2.32. The zero-order chi connectivity index (χ0) is 69.2.